The van der Waals surface area contributed by atoms with E-state index in [2.05, 4.69) is 10.4 Å². The fraction of sp³-hybridized carbons (Fsp3) is 0.357. The maximum absolute atomic E-state index is 12.2. The molecule has 112 valence electrons. The molecule has 2 aromatic rings. The first kappa shape index (κ1) is 15.0. The molecule has 0 aliphatic rings. The highest BCUT2D eigenvalue weighted by Crippen LogP contribution is 2.17. The minimum absolute atomic E-state index is 0.118. The number of hydrogen-bond acceptors (Lipinski definition) is 4. The molecule has 0 spiro atoms. The monoisotopic (exact) mass is 291 g/mol. The molecule has 1 aromatic heterocycles. The Labute approximate surface area is 121 Å². The molecule has 2 rings (SSSR count). The van der Waals surface area contributed by atoms with Crippen LogP contribution in [0.5, 0.6) is 0 Å². The van der Waals surface area contributed by atoms with Gasteiger partial charge in [-0.2, -0.15) is 5.10 Å². The van der Waals surface area contributed by atoms with Crippen molar-refractivity contribution >= 4 is 22.8 Å². The maximum Gasteiger partial charge on any atom is 0.306 e. The second-order valence-corrected chi connectivity index (χ2v) is 4.65. The van der Waals surface area contributed by atoms with Gasteiger partial charge in [-0.25, -0.2) is 0 Å². The predicted molar refractivity (Wildman–Crippen MR) is 76.1 cm³/mol. The number of aliphatic carboxylic acids is 1. The molecule has 0 radical (unpaired) electrons. The van der Waals surface area contributed by atoms with Crippen LogP contribution in [-0.4, -0.2) is 46.5 Å². The molecule has 7 heteroatoms. The van der Waals surface area contributed by atoms with E-state index in [1.807, 2.05) is 24.3 Å². The third kappa shape index (κ3) is 3.38. The van der Waals surface area contributed by atoms with E-state index < -0.39 is 12.1 Å². The Morgan fingerprint density at radius 2 is 2.14 bits per heavy atom. The first-order chi connectivity index (χ1) is 10.0. The van der Waals surface area contributed by atoms with Crippen LogP contribution in [0, 0.1) is 0 Å². The summed E-state index contributed by atoms with van der Waals surface area (Å²) in [6.07, 6.45) is -0.735. The number of para-hydroxylation sites is 1. The number of hydrogen-bond donors (Lipinski definition) is 2. The number of carbonyl (C=O) groups excluding carboxylic acids is 1. The van der Waals surface area contributed by atoms with Crippen LogP contribution in [0.3, 0.4) is 0 Å². The zero-order valence-corrected chi connectivity index (χ0v) is 11.9. The minimum atomic E-state index is -0.973. The molecule has 1 heterocycles. The Hall–Kier alpha value is -2.41. The van der Waals surface area contributed by atoms with Crippen molar-refractivity contribution in [2.24, 2.45) is 7.05 Å². The second kappa shape index (κ2) is 6.36. The number of nitrogens with zero attached hydrogens (tertiary/aromatic N) is 2. The number of aryl methyl sites for hydroxylation is 1. The van der Waals surface area contributed by atoms with Crippen molar-refractivity contribution in [3.63, 3.8) is 0 Å². The molecule has 1 atom stereocenters. The Balaban J connectivity index is 2.10. The molecule has 21 heavy (non-hydrogen) atoms. The highest BCUT2D eigenvalue weighted by atomic mass is 16.5. The van der Waals surface area contributed by atoms with E-state index >= 15 is 0 Å². The van der Waals surface area contributed by atoms with E-state index in [0.29, 0.717) is 5.69 Å². The second-order valence-electron chi connectivity index (χ2n) is 4.65. The molecule has 0 saturated carbocycles. The SMILES string of the molecule is COC(CNC(=O)c1nn(C)c2ccccc12)CC(=O)O. The van der Waals surface area contributed by atoms with Crippen molar-refractivity contribution in [2.45, 2.75) is 12.5 Å². The summed E-state index contributed by atoms with van der Waals surface area (Å²) in [7, 11) is 3.18. The van der Waals surface area contributed by atoms with Crippen molar-refractivity contribution in [1.82, 2.24) is 15.1 Å². The van der Waals surface area contributed by atoms with E-state index in [4.69, 9.17) is 9.84 Å². The van der Waals surface area contributed by atoms with Crippen LogP contribution in [0.1, 0.15) is 16.9 Å². The molecule has 0 aliphatic carbocycles. The molecule has 0 saturated heterocycles. The predicted octanol–water partition coefficient (Wildman–Crippen LogP) is 0.793. The van der Waals surface area contributed by atoms with Crippen LogP contribution >= 0.6 is 0 Å². The van der Waals surface area contributed by atoms with Crippen LogP contribution in [0.4, 0.5) is 0 Å². The van der Waals surface area contributed by atoms with Crippen molar-refractivity contribution in [3.8, 4) is 0 Å². The van der Waals surface area contributed by atoms with Gasteiger partial charge in [-0.1, -0.05) is 18.2 Å². The number of fused-ring (bicyclic) bond motifs is 1. The largest absolute Gasteiger partial charge is 0.481 e. The first-order valence-corrected chi connectivity index (χ1v) is 6.47. The Morgan fingerprint density at radius 3 is 2.81 bits per heavy atom. The van der Waals surface area contributed by atoms with Gasteiger partial charge in [0.05, 0.1) is 18.0 Å². The molecular formula is C14H17N3O4. The molecule has 1 unspecified atom stereocenters. The molecule has 0 bridgehead atoms. The zero-order valence-electron chi connectivity index (χ0n) is 11.9. The number of aromatic nitrogens is 2. The Bertz CT molecular complexity index is 665. The van der Waals surface area contributed by atoms with Crippen molar-refractivity contribution in [3.05, 3.63) is 30.0 Å². The van der Waals surface area contributed by atoms with Gasteiger partial charge in [0.2, 0.25) is 0 Å². The van der Waals surface area contributed by atoms with Crippen LogP contribution in [0.2, 0.25) is 0 Å². The van der Waals surface area contributed by atoms with Crippen LogP contribution in [0.15, 0.2) is 24.3 Å². The average molecular weight is 291 g/mol. The van der Waals surface area contributed by atoms with Crippen molar-refractivity contribution in [2.75, 3.05) is 13.7 Å². The molecule has 1 aromatic carbocycles. The number of nitrogens with one attached hydrogen (secondary N) is 1. The van der Waals surface area contributed by atoms with Crippen molar-refractivity contribution < 1.29 is 19.4 Å². The maximum atomic E-state index is 12.2. The number of rotatable bonds is 6. The molecule has 7 nitrogen and oxygen atoms in total. The van der Waals surface area contributed by atoms with Gasteiger partial charge in [0.1, 0.15) is 0 Å². The van der Waals surface area contributed by atoms with Gasteiger partial charge in [-0.05, 0) is 6.07 Å². The summed E-state index contributed by atoms with van der Waals surface area (Å²) in [4.78, 5) is 22.8. The van der Waals surface area contributed by atoms with E-state index in [1.54, 1.807) is 11.7 Å². The van der Waals surface area contributed by atoms with Crippen LogP contribution in [-0.2, 0) is 16.6 Å². The number of methoxy groups -OCH3 is 1. The van der Waals surface area contributed by atoms with Gasteiger partial charge in [-0.3, -0.25) is 14.3 Å². The van der Waals surface area contributed by atoms with E-state index in [9.17, 15) is 9.59 Å². The van der Waals surface area contributed by atoms with Gasteiger partial charge in [0, 0.05) is 26.1 Å². The van der Waals surface area contributed by atoms with E-state index in [0.717, 1.165) is 10.9 Å². The lowest BCUT2D eigenvalue weighted by Crippen LogP contribution is -2.34. The van der Waals surface area contributed by atoms with E-state index in [-0.39, 0.29) is 18.9 Å². The van der Waals surface area contributed by atoms with Gasteiger partial charge < -0.3 is 15.2 Å². The molecule has 0 aliphatic heterocycles. The summed E-state index contributed by atoms with van der Waals surface area (Å²) in [5.41, 5.74) is 1.18. The normalized spacial score (nSPS) is 12.3. The van der Waals surface area contributed by atoms with Gasteiger partial charge in [0.15, 0.2) is 5.69 Å². The summed E-state index contributed by atoms with van der Waals surface area (Å²) in [5, 5.41) is 16.3. The molecular weight excluding hydrogens is 274 g/mol. The topological polar surface area (TPSA) is 93.5 Å². The number of amides is 1. The smallest absolute Gasteiger partial charge is 0.306 e. The van der Waals surface area contributed by atoms with Gasteiger partial charge in [-0.15, -0.1) is 0 Å². The number of benzene rings is 1. The minimum Gasteiger partial charge on any atom is -0.481 e. The highest BCUT2D eigenvalue weighted by molar-refractivity contribution is 6.04. The summed E-state index contributed by atoms with van der Waals surface area (Å²) >= 11 is 0. The van der Waals surface area contributed by atoms with Crippen LogP contribution < -0.4 is 5.32 Å². The first-order valence-electron chi connectivity index (χ1n) is 6.47. The van der Waals surface area contributed by atoms with E-state index in [1.165, 1.54) is 7.11 Å². The lowest BCUT2D eigenvalue weighted by atomic mass is 10.2. The Kier molecular flexibility index (Phi) is 4.54. The fourth-order valence-corrected chi connectivity index (χ4v) is 2.11. The quantitative estimate of drug-likeness (QED) is 0.821. The average Bonchev–Trinajstić information content (AvgIpc) is 2.80. The zero-order chi connectivity index (χ0) is 15.4. The lowest BCUT2D eigenvalue weighted by Gasteiger charge is -2.13. The molecule has 2 N–H and O–H groups in total. The fourth-order valence-electron chi connectivity index (χ4n) is 2.11. The number of carbonyl (C=O) groups is 2. The standard InChI is InChI=1S/C14H17N3O4/c1-17-11-6-4-3-5-10(11)13(16-17)14(20)15-8-9(21-2)7-12(18)19/h3-6,9H,7-8H2,1-2H3,(H,15,20)(H,18,19). The number of carboxylic acids is 1. The summed E-state index contributed by atoms with van der Waals surface area (Å²) in [6.45, 7) is 0.118. The number of carboxylic acid groups (broad SMARTS) is 1. The van der Waals surface area contributed by atoms with Crippen molar-refractivity contribution in [1.29, 1.82) is 0 Å². The van der Waals surface area contributed by atoms with Crippen LogP contribution in [0.25, 0.3) is 10.9 Å². The lowest BCUT2D eigenvalue weighted by molar-refractivity contribution is -0.139. The third-order valence-corrected chi connectivity index (χ3v) is 3.20. The highest BCUT2D eigenvalue weighted by Gasteiger charge is 2.18. The Morgan fingerprint density at radius 1 is 1.43 bits per heavy atom. The number of ether oxygens (including phenoxy) is 1. The van der Waals surface area contributed by atoms with Gasteiger partial charge >= 0.3 is 5.97 Å². The molecule has 0 fully saturated rings. The van der Waals surface area contributed by atoms with Gasteiger partial charge in [0.25, 0.3) is 5.91 Å². The summed E-state index contributed by atoms with van der Waals surface area (Å²) < 4.78 is 6.65. The third-order valence-electron chi connectivity index (χ3n) is 3.20. The molecule has 1 amide bonds. The summed E-state index contributed by atoms with van der Waals surface area (Å²) in [6, 6.07) is 7.41. The summed E-state index contributed by atoms with van der Waals surface area (Å²) in [5.74, 6) is -1.32.